The van der Waals surface area contributed by atoms with Crippen molar-refractivity contribution in [1.29, 1.82) is 0 Å². The second-order valence-corrected chi connectivity index (χ2v) is 7.86. The van der Waals surface area contributed by atoms with Gasteiger partial charge in [-0.1, -0.05) is 12.1 Å². The Bertz CT molecular complexity index is 860. The molecule has 1 fully saturated rings. The van der Waals surface area contributed by atoms with Crippen LogP contribution in [-0.2, 0) is 19.6 Å². The van der Waals surface area contributed by atoms with Crippen molar-refractivity contribution in [3.05, 3.63) is 29.8 Å². The molecule has 1 aromatic rings. The van der Waals surface area contributed by atoms with E-state index in [4.69, 9.17) is 0 Å². The average molecular weight is 365 g/mol. The van der Waals surface area contributed by atoms with Crippen molar-refractivity contribution in [3.8, 4) is 0 Å². The minimum atomic E-state index is -3.76. The third-order valence-electron chi connectivity index (χ3n) is 4.35. The maximum absolute atomic E-state index is 12.6. The van der Waals surface area contributed by atoms with Gasteiger partial charge in [-0.2, -0.15) is 8.42 Å². The molecule has 1 N–H and O–H groups in total. The van der Waals surface area contributed by atoms with E-state index in [1.807, 2.05) is 0 Å². The van der Waals surface area contributed by atoms with Crippen molar-refractivity contribution in [3.63, 3.8) is 0 Å². The maximum atomic E-state index is 12.6. The van der Waals surface area contributed by atoms with Crippen LogP contribution in [0.25, 0.3) is 0 Å². The summed E-state index contributed by atoms with van der Waals surface area (Å²) in [5.41, 5.74) is 0.446. The first-order chi connectivity index (χ1) is 11.7. The monoisotopic (exact) mass is 365 g/mol. The Balaban J connectivity index is 1.82. The molecule has 0 radical (unpaired) electrons. The standard InChI is InChI=1S/C16H19N3O5S/c1-10(16(21)22)19(11-7-8-11)14(20)9-18(2)15-12-5-3-4-6-13(12)25(23,24)17-15/h3-6,10-11H,7-9H2,1-2H3,(H,21,22). The van der Waals surface area contributed by atoms with E-state index in [9.17, 15) is 23.1 Å². The molecule has 0 aromatic heterocycles. The number of carbonyl (C=O) groups excluding carboxylic acids is 1. The zero-order valence-corrected chi connectivity index (χ0v) is 14.7. The highest BCUT2D eigenvalue weighted by atomic mass is 32.2. The molecule has 1 heterocycles. The Morgan fingerprint density at radius 2 is 1.96 bits per heavy atom. The lowest BCUT2D eigenvalue weighted by Crippen LogP contribution is -2.49. The van der Waals surface area contributed by atoms with Crippen molar-refractivity contribution in [2.45, 2.75) is 36.7 Å². The highest BCUT2D eigenvalue weighted by Crippen LogP contribution is 2.30. The van der Waals surface area contributed by atoms with Gasteiger partial charge in [0.05, 0.1) is 6.54 Å². The SMILES string of the molecule is CC(C(=O)O)N(C(=O)CN(C)C1=NS(=O)(=O)c2ccccc21)C1CC1. The summed E-state index contributed by atoms with van der Waals surface area (Å²) in [5.74, 6) is -1.22. The highest BCUT2D eigenvalue weighted by Gasteiger charge is 2.39. The van der Waals surface area contributed by atoms with Crippen molar-refractivity contribution < 1.29 is 23.1 Å². The quantitative estimate of drug-likeness (QED) is 0.816. The predicted octanol–water partition coefficient (Wildman–Crippen LogP) is 0.531. The van der Waals surface area contributed by atoms with Crippen LogP contribution in [0.5, 0.6) is 0 Å². The van der Waals surface area contributed by atoms with Crippen molar-refractivity contribution in [2.24, 2.45) is 4.40 Å². The summed E-state index contributed by atoms with van der Waals surface area (Å²) in [6.07, 6.45) is 1.57. The van der Waals surface area contributed by atoms with Crippen LogP contribution in [0, 0.1) is 0 Å². The van der Waals surface area contributed by atoms with Gasteiger partial charge in [0.1, 0.15) is 10.9 Å². The van der Waals surface area contributed by atoms with Gasteiger partial charge in [0, 0.05) is 18.7 Å². The second-order valence-electron chi connectivity index (χ2n) is 6.29. The average Bonchev–Trinajstić information content (AvgIpc) is 3.33. The number of benzene rings is 1. The van der Waals surface area contributed by atoms with Crippen LogP contribution in [0.1, 0.15) is 25.3 Å². The summed E-state index contributed by atoms with van der Waals surface area (Å²) in [4.78, 5) is 26.8. The molecule has 1 amide bonds. The number of fused-ring (bicyclic) bond motifs is 1. The molecule has 1 unspecified atom stereocenters. The summed E-state index contributed by atoms with van der Waals surface area (Å²) in [6.45, 7) is 1.34. The number of carbonyl (C=O) groups is 2. The van der Waals surface area contributed by atoms with Gasteiger partial charge in [-0.15, -0.1) is 4.40 Å². The van der Waals surface area contributed by atoms with Gasteiger partial charge in [-0.25, -0.2) is 4.79 Å². The van der Waals surface area contributed by atoms with Crippen LogP contribution in [-0.4, -0.2) is 66.7 Å². The Morgan fingerprint density at radius 1 is 1.32 bits per heavy atom. The Morgan fingerprint density at radius 3 is 2.56 bits per heavy atom. The Labute approximate surface area is 145 Å². The first-order valence-electron chi connectivity index (χ1n) is 7.92. The molecule has 8 nitrogen and oxygen atoms in total. The molecule has 134 valence electrons. The zero-order valence-electron chi connectivity index (χ0n) is 13.9. The van der Waals surface area contributed by atoms with E-state index < -0.39 is 22.0 Å². The number of rotatable bonds is 5. The van der Waals surface area contributed by atoms with Crippen molar-refractivity contribution in [2.75, 3.05) is 13.6 Å². The summed E-state index contributed by atoms with van der Waals surface area (Å²) in [7, 11) is -2.19. The number of amides is 1. The lowest BCUT2D eigenvalue weighted by molar-refractivity contribution is -0.150. The Hall–Kier alpha value is -2.42. The fraction of sp³-hybridized carbons (Fsp3) is 0.438. The molecule has 2 aliphatic rings. The lowest BCUT2D eigenvalue weighted by atomic mass is 10.2. The molecule has 1 aliphatic heterocycles. The van der Waals surface area contributed by atoms with Crippen LogP contribution in [0.4, 0.5) is 0 Å². The van der Waals surface area contributed by atoms with Crippen LogP contribution in [0.2, 0.25) is 0 Å². The molecule has 9 heteroatoms. The first kappa shape index (κ1) is 17.4. The summed E-state index contributed by atoms with van der Waals surface area (Å²) in [5, 5.41) is 9.21. The van der Waals surface area contributed by atoms with E-state index in [0.717, 1.165) is 12.8 Å². The number of hydrogen-bond acceptors (Lipinski definition) is 5. The van der Waals surface area contributed by atoms with E-state index in [1.165, 1.54) is 22.8 Å². The molecular formula is C16H19N3O5S. The topological polar surface area (TPSA) is 107 Å². The van der Waals surface area contributed by atoms with Crippen LogP contribution in [0.3, 0.4) is 0 Å². The van der Waals surface area contributed by atoms with E-state index in [0.29, 0.717) is 5.56 Å². The van der Waals surface area contributed by atoms with Crippen molar-refractivity contribution >= 4 is 27.7 Å². The van der Waals surface area contributed by atoms with Gasteiger partial charge in [0.2, 0.25) is 5.91 Å². The fourth-order valence-corrected chi connectivity index (χ4v) is 4.18. The molecular weight excluding hydrogens is 346 g/mol. The number of hydrogen-bond donors (Lipinski definition) is 1. The summed E-state index contributed by atoms with van der Waals surface area (Å²) in [6, 6.07) is 5.44. The smallest absolute Gasteiger partial charge is 0.326 e. The van der Waals surface area contributed by atoms with Gasteiger partial charge >= 0.3 is 5.97 Å². The first-order valence-corrected chi connectivity index (χ1v) is 9.36. The zero-order chi connectivity index (χ0) is 18.4. The van der Waals surface area contributed by atoms with Crippen LogP contribution >= 0.6 is 0 Å². The third kappa shape index (κ3) is 3.23. The molecule has 1 aromatic carbocycles. The fourth-order valence-electron chi connectivity index (χ4n) is 2.93. The van der Waals surface area contributed by atoms with Crippen LogP contribution in [0.15, 0.2) is 33.6 Å². The second kappa shape index (κ2) is 6.14. The normalized spacial score (nSPS) is 18.9. The van der Waals surface area contributed by atoms with E-state index >= 15 is 0 Å². The lowest BCUT2D eigenvalue weighted by Gasteiger charge is -2.29. The van der Waals surface area contributed by atoms with Gasteiger partial charge in [0.15, 0.2) is 5.84 Å². The molecule has 0 saturated heterocycles. The number of likely N-dealkylation sites (N-methyl/N-ethyl adjacent to an activating group) is 1. The molecule has 3 rings (SSSR count). The van der Waals surface area contributed by atoms with Gasteiger partial charge < -0.3 is 14.9 Å². The molecule has 1 atom stereocenters. The molecule has 25 heavy (non-hydrogen) atoms. The molecule has 0 bridgehead atoms. The van der Waals surface area contributed by atoms with Gasteiger partial charge in [0.25, 0.3) is 10.0 Å². The van der Waals surface area contributed by atoms with Gasteiger partial charge in [-0.3, -0.25) is 4.79 Å². The minimum Gasteiger partial charge on any atom is -0.480 e. The summed E-state index contributed by atoms with van der Waals surface area (Å²) < 4.78 is 28.0. The number of amidine groups is 1. The van der Waals surface area contributed by atoms with E-state index in [-0.39, 0.29) is 29.2 Å². The van der Waals surface area contributed by atoms with E-state index in [1.54, 1.807) is 25.2 Å². The summed E-state index contributed by atoms with van der Waals surface area (Å²) >= 11 is 0. The highest BCUT2D eigenvalue weighted by molar-refractivity contribution is 7.90. The van der Waals surface area contributed by atoms with Gasteiger partial charge in [-0.05, 0) is 31.9 Å². The largest absolute Gasteiger partial charge is 0.480 e. The molecule has 1 saturated carbocycles. The Kier molecular flexibility index (Phi) is 4.28. The molecule has 0 spiro atoms. The number of sulfonamides is 1. The van der Waals surface area contributed by atoms with Crippen molar-refractivity contribution in [1.82, 2.24) is 9.80 Å². The number of carboxylic acids is 1. The van der Waals surface area contributed by atoms with E-state index in [2.05, 4.69) is 4.40 Å². The third-order valence-corrected chi connectivity index (χ3v) is 5.67. The van der Waals surface area contributed by atoms with Crippen LogP contribution < -0.4 is 0 Å². The predicted molar refractivity (Wildman–Crippen MR) is 89.8 cm³/mol. The minimum absolute atomic E-state index is 0.0615. The number of aliphatic carboxylic acids is 1. The maximum Gasteiger partial charge on any atom is 0.326 e. The number of nitrogens with zero attached hydrogens (tertiary/aromatic N) is 3. The number of carboxylic acid groups (broad SMARTS) is 1. The molecule has 1 aliphatic carbocycles.